The molecule has 0 atom stereocenters. The van der Waals surface area contributed by atoms with Crippen LogP contribution in [0.25, 0.3) is 5.69 Å². The minimum absolute atomic E-state index is 0.160. The summed E-state index contributed by atoms with van der Waals surface area (Å²) in [6.45, 7) is 2.63. The number of phenols is 1. The Kier molecular flexibility index (Phi) is 6.31. The van der Waals surface area contributed by atoms with Crippen molar-refractivity contribution < 1.29 is 9.84 Å². The van der Waals surface area contributed by atoms with Crippen LogP contribution in [-0.2, 0) is 6.54 Å². The van der Waals surface area contributed by atoms with E-state index in [1.165, 1.54) is 18.6 Å². The summed E-state index contributed by atoms with van der Waals surface area (Å²) >= 11 is 12.7. The van der Waals surface area contributed by atoms with Gasteiger partial charge in [-0.25, -0.2) is 4.79 Å². The number of aromatic hydroxyl groups is 1. The van der Waals surface area contributed by atoms with Gasteiger partial charge in [0.25, 0.3) is 5.56 Å². The first kappa shape index (κ1) is 21.4. The van der Waals surface area contributed by atoms with Crippen LogP contribution in [0, 0.1) is 0 Å². The standard InChI is InChI=1S/C21H20Cl2N4O4/c22-16-9-14(27-21(30)25-19(29)11-24-27)10-17(23)20(16)31-15-4-5-18(28)13(8-15)12-26-6-2-1-3-7-26/h4-5,8-11,28H,1-3,6-7,12H2,(H,25,29,30). The van der Waals surface area contributed by atoms with E-state index in [2.05, 4.69) is 15.0 Å². The van der Waals surface area contributed by atoms with Gasteiger partial charge in [-0.2, -0.15) is 9.78 Å². The summed E-state index contributed by atoms with van der Waals surface area (Å²) in [4.78, 5) is 27.6. The molecule has 31 heavy (non-hydrogen) atoms. The number of rotatable bonds is 5. The lowest BCUT2D eigenvalue weighted by Gasteiger charge is -2.26. The number of hydrogen-bond donors (Lipinski definition) is 2. The Labute approximate surface area is 187 Å². The Morgan fingerprint density at radius 2 is 1.77 bits per heavy atom. The van der Waals surface area contributed by atoms with E-state index in [-0.39, 0.29) is 27.2 Å². The van der Waals surface area contributed by atoms with E-state index in [1.807, 2.05) is 0 Å². The van der Waals surface area contributed by atoms with Crippen molar-refractivity contribution in [2.75, 3.05) is 13.1 Å². The van der Waals surface area contributed by atoms with Gasteiger partial charge in [-0.3, -0.25) is 14.7 Å². The van der Waals surface area contributed by atoms with E-state index in [9.17, 15) is 14.7 Å². The van der Waals surface area contributed by atoms with Crippen LogP contribution in [0.2, 0.25) is 10.0 Å². The summed E-state index contributed by atoms with van der Waals surface area (Å²) < 4.78 is 6.88. The highest BCUT2D eigenvalue weighted by atomic mass is 35.5. The average Bonchev–Trinajstić information content (AvgIpc) is 2.73. The van der Waals surface area contributed by atoms with Gasteiger partial charge in [0.1, 0.15) is 17.7 Å². The third-order valence-electron chi connectivity index (χ3n) is 5.05. The molecule has 0 bridgehead atoms. The Hall–Kier alpha value is -2.81. The Balaban J connectivity index is 1.60. The van der Waals surface area contributed by atoms with Crippen molar-refractivity contribution in [3.63, 3.8) is 0 Å². The number of benzene rings is 2. The summed E-state index contributed by atoms with van der Waals surface area (Å²) in [5.74, 6) is 0.883. The van der Waals surface area contributed by atoms with Gasteiger partial charge in [0.05, 0.1) is 15.7 Å². The molecule has 1 aliphatic rings. The quantitative estimate of drug-likeness (QED) is 0.599. The maximum atomic E-state index is 12.0. The molecule has 10 heteroatoms. The molecule has 4 rings (SSSR count). The SMILES string of the molecule is O=c1cnn(-c2cc(Cl)c(Oc3ccc(O)c(CN4CCCCC4)c3)c(Cl)c2)c(=O)[nH]1. The summed E-state index contributed by atoms with van der Waals surface area (Å²) in [5.41, 5.74) is -0.285. The zero-order valence-electron chi connectivity index (χ0n) is 16.5. The molecule has 2 aromatic carbocycles. The van der Waals surface area contributed by atoms with Crippen molar-refractivity contribution in [3.05, 3.63) is 73.0 Å². The van der Waals surface area contributed by atoms with Crippen LogP contribution in [-0.4, -0.2) is 37.9 Å². The van der Waals surface area contributed by atoms with Crippen molar-refractivity contribution in [2.45, 2.75) is 25.8 Å². The second-order valence-corrected chi connectivity index (χ2v) is 8.13. The predicted molar refractivity (Wildman–Crippen MR) is 118 cm³/mol. The molecule has 1 aromatic heterocycles. The molecule has 2 N–H and O–H groups in total. The molecule has 1 fully saturated rings. The molecule has 1 saturated heterocycles. The molecule has 8 nitrogen and oxygen atoms in total. The third kappa shape index (κ3) is 4.92. The number of aromatic nitrogens is 3. The lowest BCUT2D eigenvalue weighted by molar-refractivity contribution is 0.218. The third-order valence-corrected chi connectivity index (χ3v) is 5.62. The second-order valence-electron chi connectivity index (χ2n) is 7.32. The van der Waals surface area contributed by atoms with E-state index < -0.39 is 11.2 Å². The molecule has 1 aliphatic heterocycles. The van der Waals surface area contributed by atoms with Crippen LogP contribution in [0.3, 0.4) is 0 Å². The molecule has 0 saturated carbocycles. The highest BCUT2D eigenvalue weighted by Gasteiger charge is 2.16. The number of nitrogens with zero attached hydrogens (tertiary/aromatic N) is 3. The molecule has 3 aromatic rings. The molecular weight excluding hydrogens is 443 g/mol. The summed E-state index contributed by atoms with van der Waals surface area (Å²) in [5, 5.41) is 14.4. The zero-order valence-corrected chi connectivity index (χ0v) is 18.0. The van der Waals surface area contributed by atoms with Crippen LogP contribution in [0.1, 0.15) is 24.8 Å². The fourth-order valence-corrected chi connectivity index (χ4v) is 4.08. The van der Waals surface area contributed by atoms with Crippen LogP contribution in [0.5, 0.6) is 17.2 Å². The van der Waals surface area contributed by atoms with Gasteiger partial charge in [0.2, 0.25) is 0 Å². The largest absolute Gasteiger partial charge is 0.508 e. The first-order valence-electron chi connectivity index (χ1n) is 9.81. The second kappa shape index (κ2) is 9.13. The molecule has 0 aliphatic carbocycles. The van der Waals surface area contributed by atoms with E-state index in [0.717, 1.165) is 42.4 Å². The summed E-state index contributed by atoms with van der Waals surface area (Å²) in [6, 6.07) is 7.89. The number of ether oxygens (including phenoxy) is 1. The van der Waals surface area contributed by atoms with Crippen molar-refractivity contribution in [1.82, 2.24) is 19.7 Å². The number of H-pyrrole nitrogens is 1. The molecule has 0 radical (unpaired) electrons. The van der Waals surface area contributed by atoms with Gasteiger partial charge in [-0.1, -0.05) is 29.6 Å². The monoisotopic (exact) mass is 462 g/mol. The number of hydrogen-bond acceptors (Lipinski definition) is 6. The highest BCUT2D eigenvalue weighted by molar-refractivity contribution is 6.37. The first-order valence-corrected chi connectivity index (χ1v) is 10.6. The van der Waals surface area contributed by atoms with Gasteiger partial charge in [0, 0.05) is 12.1 Å². The smallest absolute Gasteiger partial charge is 0.349 e. The van der Waals surface area contributed by atoms with Crippen molar-refractivity contribution in [1.29, 1.82) is 0 Å². The minimum Gasteiger partial charge on any atom is -0.508 e. The van der Waals surface area contributed by atoms with Crippen LogP contribution in [0.15, 0.2) is 46.1 Å². The fraction of sp³-hybridized carbons (Fsp3) is 0.286. The van der Waals surface area contributed by atoms with E-state index in [1.54, 1.807) is 18.2 Å². The molecule has 0 unspecified atom stereocenters. The fourth-order valence-electron chi connectivity index (χ4n) is 3.53. The number of nitrogens with one attached hydrogen (secondary N) is 1. The van der Waals surface area contributed by atoms with Gasteiger partial charge in [-0.05, 0) is 56.3 Å². The highest BCUT2D eigenvalue weighted by Crippen LogP contribution is 2.39. The molecule has 2 heterocycles. The van der Waals surface area contributed by atoms with E-state index >= 15 is 0 Å². The van der Waals surface area contributed by atoms with Crippen molar-refractivity contribution in [3.8, 4) is 22.9 Å². The normalized spacial score (nSPS) is 14.5. The average molecular weight is 463 g/mol. The van der Waals surface area contributed by atoms with Gasteiger partial charge in [-0.15, -0.1) is 0 Å². The van der Waals surface area contributed by atoms with E-state index in [0.29, 0.717) is 12.3 Å². The molecular formula is C21H20Cl2N4O4. The minimum atomic E-state index is -0.714. The predicted octanol–water partition coefficient (Wildman–Crippen LogP) is 3.71. The van der Waals surface area contributed by atoms with Crippen molar-refractivity contribution >= 4 is 23.2 Å². The number of aromatic amines is 1. The van der Waals surface area contributed by atoms with E-state index in [4.69, 9.17) is 27.9 Å². The molecule has 0 amide bonds. The topological polar surface area (TPSA) is 100 Å². The van der Waals surface area contributed by atoms with Gasteiger partial charge >= 0.3 is 5.69 Å². The van der Waals surface area contributed by atoms with Crippen LogP contribution >= 0.6 is 23.2 Å². The zero-order chi connectivity index (χ0) is 22.0. The van der Waals surface area contributed by atoms with Crippen LogP contribution < -0.4 is 16.0 Å². The molecule has 162 valence electrons. The Morgan fingerprint density at radius 1 is 1.06 bits per heavy atom. The maximum Gasteiger partial charge on any atom is 0.349 e. The lowest BCUT2D eigenvalue weighted by Crippen LogP contribution is -2.30. The molecule has 0 spiro atoms. The number of phenolic OH excluding ortho intramolecular Hbond substituents is 1. The number of halogens is 2. The maximum absolute atomic E-state index is 12.0. The Bertz CT molecular complexity index is 1200. The summed E-state index contributed by atoms with van der Waals surface area (Å²) in [6.07, 6.45) is 4.52. The van der Waals surface area contributed by atoms with Crippen molar-refractivity contribution in [2.24, 2.45) is 0 Å². The number of likely N-dealkylation sites (tertiary alicyclic amines) is 1. The lowest BCUT2D eigenvalue weighted by atomic mass is 10.1. The van der Waals surface area contributed by atoms with Gasteiger partial charge in [0.15, 0.2) is 5.75 Å². The Morgan fingerprint density at radius 3 is 2.45 bits per heavy atom. The summed E-state index contributed by atoms with van der Waals surface area (Å²) in [7, 11) is 0. The van der Waals surface area contributed by atoms with Gasteiger partial charge < -0.3 is 9.84 Å². The first-order chi connectivity index (χ1) is 14.9. The number of piperidine rings is 1. The van der Waals surface area contributed by atoms with Crippen LogP contribution in [0.4, 0.5) is 0 Å².